The zero-order chi connectivity index (χ0) is 13.2. The Balaban J connectivity index is 3.10. The van der Waals surface area contributed by atoms with E-state index in [1.165, 1.54) is 13.2 Å². The molecule has 0 aromatic heterocycles. The Kier molecular flexibility index (Phi) is 3.60. The summed E-state index contributed by atoms with van der Waals surface area (Å²) in [6.45, 7) is 5.12. The van der Waals surface area contributed by atoms with Crippen molar-refractivity contribution < 1.29 is 18.7 Å². The van der Waals surface area contributed by atoms with E-state index in [1.54, 1.807) is 20.8 Å². The molecule has 1 aromatic rings. The van der Waals surface area contributed by atoms with E-state index in [0.29, 0.717) is 0 Å². The molecule has 1 rings (SSSR count). The summed E-state index contributed by atoms with van der Waals surface area (Å²) in [6.07, 6.45) is 0. The van der Waals surface area contributed by atoms with Crippen LogP contribution < -0.4 is 10.5 Å². The normalized spacial score (nSPS) is 11.1. The molecule has 0 bridgehead atoms. The first-order chi connectivity index (χ1) is 7.74. The number of benzene rings is 1. The molecule has 4 nitrogen and oxygen atoms in total. The van der Waals surface area contributed by atoms with E-state index in [2.05, 4.69) is 0 Å². The van der Waals surface area contributed by atoms with Crippen molar-refractivity contribution in [1.29, 1.82) is 0 Å². The summed E-state index contributed by atoms with van der Waals surface area (Å²) in [5.41, 5.74) is 4.78. The van der Waals surface area contributed by atoms with Crippen LogP contribution >= 0.6 is 0 Å². The lowest BCUT2D eigenvalue weighted by Crippen LogP contribution is -2.24. The molecule has 1 aromatic carbocycles. The molecule has 0 radical (unpaired) electrons. The summed E-state index contributed by atoms with van der Waals surface area (Å²) in [6, 6.07) is 2.27. The van der Waals surface area contributed by atoms with E-state index in [4.69, 9.17) is 15.2 Å². The molecule has 0 heterocycles. The predicted octanol–water partition coefficient (Wildman–Crippen LogP) is 2.37. The lowest BCUT2D eigenvalue weighted by molar-refractivity contribution is 0.00644. The van der Waals surface area contributed by atoms with Gasteiger partial charge in [-0.2, -0.15) is 0 Å². The molecule has 0 fully saturated rings. The molecule has 0 saturated carbocycles. The first kappa shape index (κ1) is 13.3. The quantitative estimate of drug-likeness (QED) is 0.637. The third-order valence-electron chi connectivity index (χ3n) is 1.94. The van der Waals surface area contributed by atoms with Gasteiger partial charge in [0.1, 0.15) is 17.2 Å². The average Bonchev–Trinajstić information content (AvgIpc) is 2.14. The van der Waals surface area contributed by atoms with Gasteiger partial charge in [0, 0.05) is 6.07 Å². The van der Waals surface area contributed by atoms with Crippen molar-refractivity contribution in [2.45, 2.75) is 26.4 Å². The first-order valence-corrected chi connectivity index (χ1v) is 5.11. The molecule has 0 aliphatic rings. The number of hydrogen-bond donors (Lipinski definition) is 1. The van der Waals surface area contributed by atoms with E-state index in [-0.39, 0.29) is 17.0 Å². The number of rotatable bonds is 2. The van der Waals surface area contributed by atoms with Gasteiger partial charge >= 0.3 is 5.97 Å². The number of anilines is 1. The van der Waals surface area contributed by atoms with Crippen molar-refractivity contribution in [3.63, 3.8) is 0 Å². The molecule has 94 valence electrons. The van der Waals surface area contributed by atoms with Crippen LogP contribution in [0.3, 0.4) is 0 Å². The van der Waals surface area contributed by atoms with Crippen LogP contribution in [0.25, 0.3) is 0 Å². The van der Waals surface area contributed by atoms with Crippen LogP contribution in [-0.4, -0.2) is 18.7 Å². The fourth-order valence-corrected chi connectivity index (χ4v) is 1.24. The Bertz CT molecular complexity index is 438. The number of halogens is 1. The summed E-state index contributed by atoms with van der Waals surface area (Å²) < 4.78 is 23.5. The van der Waals surface area contributed by atoms with Gasteiger partial charge in [-0.25, -0.2) is 9.18 Å². The van der Waals surface area contributed by atoms with Crippen molar-refractivity contribution >= 4 is 11.7 Å². The SMILES string of the molecule is COc1cc(C(=O)OC(C)(C)C)c(F)cc1N. The van der Waals surface area contributed by atoms with Gasteiger partial charge in [0.2, 0.25) is 0 Å². The van der Waals surface area contributed by atoms with Gasteiger partial charge in [0.05, 0.1) is 18.4 Å². The Morgan fingerprint density at radius 3 is 2.41 bits per heavy atom. The molecular weight excluding hydrogens is 225 g/mol. The second-order valence-electron chi connectivity index (χ2n) is 4.58. The Hall–Kier alpha value is -1.78. The van der Waals surface area contributed by atoms with Crippen molar-refractivity contribution in [3.8, 4) is 5.75 Å². The van der Waals surface area contributed by atoms with Gasteiger partial charge < -0.3 is 15.2 Å². The highest BCUT2D eigenvalue weighted by Crippen LogP contribution is 2.26. The number of methoxy groups -OCH3 is 1. The highest BCUT2D eigenvalue weighted by atomic mass is 19.1. The number of carbonyl (C=O) groups excluding carboxylic acids is 1. The minimum absolute atomic E-state index is 0.136. The smallest absolute Gasteiger partial charge is 0.341 e. The van der Waals surface area contributed by atoms with Crippen LogP contribution in [0.1, 0.15) is 31.1 Å². The van der Waals surface area contributed by atoms with Crippen LogP contribution in [-0.2, 0) is 4.74 Å². The highest BCUT2D eigenvalue weighted by molar-refractivity contribution is 5.91. The van der Waals surface area contributed by atoms with Crippen molar-refractivity contribution in [1.82, 2.24) is 0 Å². The van der Waals surface area contributed by atoms with E-state index in [0.717, 1.165) is 6.07 Å². The largest absolute Gasteiger partial charge is 0.495 e. The molecule has 5 heteroatoms. The number of esters is 1. The fourth-order valence-electron chi connectivity index (χ4n) is 1.24. The van der Waals surface area contributed by atoms with Crippen molar-refractivity contribution in [2.24, 2.45) is 0 Å². The van der Waals surface area contributed by atoms with Crippen LogP contribution in [0.15, 0.2) is 12.1 Å². The molecule has 0 aliphatic heterocycles. The van der Waals surface area contributed by atoms with Crippen LogP contribution in [0.5, 0.6) is 5.75 Å². The van der Waals surface area contributed by atoms with Crippen LogP contribution in [0.4, 0.5) is 10.1 Å². The zero-order valence-electron chi connectivity index (χ0n) is 10.3. The molecule has 0 aliphatic carbocycles. The standard InChI is InChI=1S/C12H16FNO3/c1-12(2,3)17-11(15)7-5-10(16-4)9(14)6-8(7)13/h5-6H,14H2,1-4H3. The number of carbonyl (C=O) groups is 1. The Morgan fingerprint density at radius 1 is 1.35 bits per heavy atom. The second-order valence-corrected chi connectivity index (χ2v) is 4.58. The van der Waals surface area contributed by atoms with Crippen molar-refractivity contribution in [3.05, 3.63) is 23.5 Å². The average molecular weight is 241 g/mol. The summed E-state index contributed by atoms with van der Waals surface area (Å²) in [5.74, 6) is -1.22. The zero-order valence-corrected chi connectivity index (χ0v) is 10.3. The fraction of sp³-hybridized carbons (Fsp3) is 0.417. The third kappa shape index (κ3) is 3.34. The van der Waals surface area contributed by atoms with Crippen LogP contribution in [0.2, 0.25) is 0 Å². The molecule has 2 N–H and O–H groups in total. The Labute approximate surface area is 99.5 Å². The van der Waals surface area contributed by atoms with E-state index < -0.39 is 17.4 Å². The van der Waals surface area contributed by atoms with Gasteiger partial charge in [0.15, 0.2) is 0 Å². The number of nitrogens with two attached hydrogens (primary N) is 1. The maximum Gasteiger partial charge on any atom is 0.341 e. The summed E-state index contributed by atoms with van der Waals surface area (Å²) >= 11 is 0. The summed E-state index contributed by atoms with van der Waals surface area (Å²) in [4.78, 5) is 11.7. The molecule has 0 saturated heterocycles. The minimum Gasteiger partial charge on any atom is -0.495 e. The maximum absolute atomic E-state index is 13.6. The Morgan fingerprint density at radius 2 is 1.94 bits per heavy atom. The molecule has 0 unspecified atom stereocenters. The lowest BCUT2D eigenvalue weighted by Gasteiger charge is -2.20. The molecular formula is C12H16FNO3. The monoisotopic (exact) mass is 241 g/mol. The third-order valence-corrected chi connectivity index (χ3v) is 1.94. The molecule has 0 spiro atoms. The van der Waals surface area contributed by atoms with Gasteiger partial charge in [-0.1, -0.05) is 0 Å². The maximum atomic E-state index is 13.6. The van der Waals surface area contributed by atoms with Gasteiger partial charge in [-0.15, -0.1) is 0 Å². The number of nitrogen functional groups attached to an aromatic ring is 1. The number of ether oxygens (including phenoxy) is 2. The predicted molar refractivity (Wildman–Crippen MR) is 62.5 cm³/mol. The molecule has 0 amide bonds. The van der Waals surface area contributed by atoms with Gasteiger partial charge in [-0.05, 0) is 26.8 Å². The highest BCUT2D eigenvalue weighted by Gasteiger charge is 2.22. The minimum atomic E-state index is -0.742. The van der Waals surface area contributed by atoms with E-state index in [1.807, 2.05) is 0 Å². The second kappa shape index (κ2) is 4.61. The molecule has 0 atom stereocenters. The first-order valence-electron chi connectivity index (χ1n) is 5.11. The van der Waals surface area contributed by atoms with Gasteiger partial charge in [-0.3, -0.25) is 0 Å². The lowest BCUT2D eigenvalue weighted by atomic mass is 10.1. The molecule has 17 heavy (non-hydrogen) atoms. The van der Waals surface area contributed by atoms with E-state index >= 15 is 0 Å². The summed E-state index contributed by atoms with van der Waals surface area (Å²) in [7, 11) is 1.39. The van der Waals surface area contributed by atoms with Gasteiger partial charge in [0.25, 0.3) is 0 Å². The summed E-state index contributed by atoms with van der Waals surface area (Å²) in [5, 5.41) is 0. The van der Waals surface area contributed by atoms with E-state index in [9.17, 15) is 9.18 Å². The topological polar surface area (TPSA) is 61.5 Å². The van der Waals surface area contributed by atoms with Crippen molar-refractivity contribution in [2.75, 3.05) is 12.8 Å². The van der Waals surface area contributed by atoms with Crippen LogP contribution in [0, 0.1) is 5.82 Å². The number of hydrogen-bond acceptors (Lipinski definition) is 4.